The van der Waals surface area contributed by atoms with Crippen molar-refractivity contribution in [2.24, 2.45) is 0 Å². The maximum Gasteiger partial charge on any atom is 0.0718 e. The predicted octanol–water partition coefficient (Wildman–Crippen LogP) is 8.54. The molecule has 1 aliphatic carbocycles. The summed E-state index contributed by atoms with van der Waals surface area (Å²) in [7, 11) is 0. The highest BCUT2D eigenvalue weighted by Crippen LogP contribution is 2.57. The van der Waals surface area contributed by atoms with Crippen molar-refractivity contribution in [2.75, 3.05) is 0 Å². The average Bonchev–Trinajstić information content (AvgIpc) is 3.55. The topological polar surface area (TPSA) is 17.8 Å². The van der Waals surface area contributed by atoms with Gasteiger partial charge in [-0.2, -0.15) is 0 Å². The Morgan fingerprint density at radius 1 is 0.526 bits per heavy atom. The van der Waals surface area contributed by atoms with E-state index in [-0.39, 0.29) is 0 Å². The fourth-order valence-corrected chi connectivity index (χ4v) is 6.65. The molecule has 2 nitrogen and oxygen atoms in total. The molecule has 0 N–H and O–H groups in total. The molecule has 0 radical (unpaired) electrons. The van der Waals surface area contributed by atoms with Crippen LogP contribution in [0.25, 0.3) is 38.5 Å². The maximum atomic E-state index is 4.62. The Kier molecular flexibility index (Phi) is 4.47. The molecule has 0 atom stereocenters. The molecule has 2 aromatic heterocycles. The minimum Gasteiger partial charge on any atom is -0.314 e. The van der Waals surface area contributed by atoms with E-state index >= 15 is 0 Å². The van der Waals surface area contributed by atoms with Gasteiger partial charge in [-0.05, 0) is 33.9 Å². The molecule has 0 spiro atoms. The van der Waals surface area contributed by atoms with E-state index in [0.717, 1.165) is 11.1 Å². The number of benzene rings is 5. The summed E-state index contributed by atoms with van der Waals surface area (Å²) in [4.78, 5) is 4.62. The molecule has 2 heterocycles. The van der Waals surface area contributed by atoms with Gasteiger partial charge in [-0.1, -0.05) is 121 Å². The van der Waals surface area contributed by atoms with Crippen LogP contribution < -0.4 is 0 Å². The Bertz CT molecular complexity index is 1920. The number of nitrogens with zero attached hydrogens (tertiary/aromatic N) is 2. The van der Waals surface area contributed by atoms with Crippen molar-refractivity contribution in [3.63, 3.8) is 0 Å². The smallest absolute Gasteiger partial charge is 0.0718 e. The normalized spacial score (nSPS) is 13.5. The van der Waals surface area contributed by atoms with E-state index in [2.05, 4.69) is 143 Å². The Balaban J connectivity index is 1.55. The highest BCUT2D eigenvalue weighted by atomic mass is 15.0. The summed E-state index contributed by atoms with van der Waals surface area (Å²) < 4.78 is 2.34. The Morgan fingerprint density at radius 3 is 2.00 bits per heavy atom. The first-order valence-electron chi connectivity index (χ1n) is 13.1. The van der Waals surface area contributed by atoms with E-state index in [1.807, 2.05) is 12.4 Å². The molecule has 0 unspecified atom stereocenters. The van der Waals surface area contributed by atoms with Crippen molar-refractivity contribution in [2.45, 2.75) is 5.41 Å². The van der Waals surface area contributed by atoms with Crippen LogP contribution in [0.3, 0.4) is 0 Å². The number of rotatable bonds is 3. The zero-order chi connectivity index (χ0) is 25.1. The van der Waals surface area contributed by atoms with E-state index in [4.69, 9.17) is 0 Å². The quantitative estimate of drug-likeness (QED) is 0.246. The van der Waals surface area contributed by atoms with Crippen molar-refractivity contribution in [3.05, 3.63) is 168 Å². The fraction of sp³-hybridized carbons (Fsp3) is 0.0278. The Morgan fingerprint density at radius 2 is 1.21 bits per heavy atom. The van der Waals surface area contributed by atoms with Gasteiger partial charge in [-0.3, -0.25) is 4.98 Å². The zero-order valence-electron chi connectivity index (χ0n) is 20.8. The molecule has 7 aromatic rings. The van der Waals surface area contributed by atoms with Crippen molar-refractivity contribution < 1.29 is 0 Å². The molecular formula is C36H24N2. The SMILES string of the molecule is c1ccc(C2(c3ccccc3)c3ccccc3-c3c2ccc2ccn(-c4cncc5ccccc45)c32)cc1. The lowest BCUT2D eigenvalue weighted by atomic mass is 9.67. The molecule has 5 aromatic carbocycles. The minimum atomic E-state index is -0.408. The van der Waals surface area contributed by atoms with Gasteiger partial charge in [0.1, 0.15) is 0 Å². The summed E-state index contributed by atoms with van der Waals surface area (Å²) >= 11 is 0. The van der Waals surface area contributed by atoms with Crippen LogP contribution in [-0.4, -0.2) is 9.55 Å². The van der Waals surface area contributed by atoms with Crippen LogP contribution in [-0.2, 0) is 5.41 Å². The molecule has 0 saturated heterocycles. The third-order valence-electron chi connectivity index (χ3n) is 8.18. The maximum absolute atomic E-state index is 4.62. The molecule has 0 aliphatic heterocycles. The Hall–Kier alpha value is -4.95. The first-order chi connectivity index (χ1) is 18.9. The summed E-state index contributed by atoms with van der Waals surface area (Å²) in [6, 6.07) is 46.2. The van der Waals surface area contributed by atoms with Crippen LogP contribution in [0.15, 0.2) is 146 Å². The van der Waals surface area contributed by atoms with E-state index in [1.54, 1.807) is 0 Å². The number of pyridine rings is 1. The summed E-state index contributed by atoms with van der Waals surface area (Å²) in [5.41, 5.74) is 9.69. The standard InChI is InChI=1S/C36H24N2/c1-3-12-27(13-4-1)36(28-14-5-2-6-15-28)31-18-10-9-17-30(31)34-32(36)20-19-25-21-22-38(35(25)34)33-24-37-23-26-11-7-8-16-29(26)33/h1-24H. The lowest BCUT2D eigenvalue weighted by Gasteiger charge is -2.33. The van der Waals surface area contributed by atoms with Crippen molar-refractivity contribution in [3.8, 4) is 16.8 Å². The average molecular weight is 485 g/mol. The third kappa shape index (κ3) is 2.75. The number of hydrogen-bond donors (Lipinski definition) is 0. The van der Waals surface area contributed by atoms with Crippen molar-refractivity contribution in [1.29, 1.82) is 0 Å². The summed E-state index contributed by atoms with van der Waals surface area (Å²) in [5.74, 6) is 0. The monoisotopic (exact) mass is 484 g/mol. The molecule has 0 amide bonds. The lowest BCUT2D eigenvalue weighted by Crippen LogP contribution is -2.28. The minimum absolute atomic E-state index is 0.408. The lowest BCUT2D eigenvalue weighted by molar-refractivity contribution is 0.769. The van der Waals surface area contributed by atoms with Gasteiger partial charge in [0.15, 0.2) is 0 Å². The molecule has 2 heteroatoms. The van der Waals surface area contributed by atoms with Gasteiger partial charge >= 0.3 is 0 Å². The number of aromatic nitrogens is 2. The van der Waals surface area contributed by atoms with Crippen LogP contribution in [0.2, 0.25) is 0 Å². The fourth-order valence-electron chi connectivity index (χ4n) is 6.65. The molecular weight excluding hydrogens is 460 g/mol. The molecule has 1 aliphatic rings. The molecule has 0 saturated carbocycles. The number of hydrogen-bond acceptors (Lipinski definition) is 1. The van der Waals surface area contributed by atoms with Gasteiger partial charge in [0, 0.05) is 34.1 Å². The van der Waals surface area contributed by atoms with Gasteiger partial charge in [0.25, 0.3) is 0 Å². The predicted molar refractivity (Wildman–Crippen MR) is 156 cm³/mol. The summed E-state index contributed by atoms with van der Waals surface area (Å²) in [6.07, 6.45) is 6.13. The van der Waals surface area contributed by atoms with Gasteiger partial charge in [0.05, 0.1) is 22.8 Å². The highest BCUT2D eigenvalue weighted by molar-refractivity contribution is 6.04. The van der Waals surface area contributed by atoms with Crippen molar-refractivity contribution in [1.82, 2.24) is 9.55 Å². The van der Waals surface area contributed by atoms with E-state index in [9.17, 15) is 0 Å². The van der Waals surface area contributed by atoms with Crippen LogP contribution in [0.5, 0.6) is 0 Å². The highest BCUT2D eigenvalue weighted by Gasteiger charge is 2.46. The molecule has 178 valence electrons. The van der Waals surface area contributed by atoms with E-state index in [1.165, 1.54) is 49.7 Å². The number of fused-ring (bicyclic) bond motifs is 6. The largest absolute Gasteiger partial charge is 0.314 e. The van der Waals surface area contributed by atoms with Crippen LogP contribution in [0, 0.1) is 0 Å². The van der Waals surface area contributed by atoms with Crippen LogP contribution in [0.1, 0.15) is 22.3 Å². The van der Waals surface area contributed by atoms with E-state index < -0.39 is 5.41 Å². The van der Waals surface area contributed by atoms with Crippen LogP contribution in [0.4, 0.5) is 0 Å². The second-order valence-electron chi connectivity index (χ2n) is 10.0. The van der Waals surface area contributed by atoms with Crippen LogP contribution >= 0.6 is 0 Å². The molecule has 8 rings (SSSR count). The van der Waals surface area contributed by atoms with Gasteiger partial charge in [-0.25, -0.2) is 0 Å². The Labute approximate surface area is 221 Å². The molecule has 0 bridgehead atoms. The third-order valence-corrected chi connectivity index (χ3v) is 8.18. The second-order valence-corrected chi connectivity index (χ2v) is 10.0. The second kappa shape index (κ2) is 8.03. The van der Waals surface area contributed by atoms with Gasteiger partial charge in [-0.15, -0.1) is 0 Å². The summed E-state index contributed by atoms with van der Waals surface area (Å²) in [5, 5.41) is 3.56. The molecule has 38 heavy (non-hydrogen) atoms. The van der Waals surface area contributed by atoms with Gasteiger partial charge in [0.2, 0.25) is 0 Å². The zero-order valence-corrected chi connectivity index (χ0v) is 20.8. The first kappa shape index (κ1) is 21.2. The van der Waals surface area contributed by atoms with E-state index in [0.29, 0.717) is 0 Å². The summed E-state index contributed by atoms with van der Waals surface area (Å²) in [6.45, 7) is 0. The van der Waals surface area contributed by atoms with Crippen molar-refractivity contribution >= 4 is 21.7 Å². The van der Waals surface area contributed by atoms with Gasteiger partial charge < -0.3 is 4.57 Å². The molecule has 0 fully saturated rings. The first-order valence-corrected chi connectivity index (χ1v) is 13.1.